The molecule has 0 radical (unpaired) electrons. The highest BCUT2D eigenvalue weighted by atomic mass is 32.2. The molecule has 0 fully saturated rings. The quantitative estimate of drug-likeness (QED) is 0.260. The number of sulfone groups is 1. The number of rotatable bonds is 9. The van der Waals surface area contributed by atoms with E-state index in [1.807, 2.05) is 84.2 Å². The first kappa shape index (κ1) is 26.0. The van der Waals surface area contributed by atoms with Gasteiger partial charge in [-0.2, -0.15) is 4.98 Å². The van der Waals surface area contributed by atoms with Crippen molar-refractivity contribution in [2.45, 2.75) is 5.75 Å². The summed E-state index contributed by atoms with van der Waals surface area (Å²) in [6.45, 7) is 0. The van der Waals surface area contributed by atoms with Crippen molar-refractivity contribution in [3.8, 4) is 5.75 Å². The Morgan fingerprint density at radius 2 is 1.62 bits per heavy atom. The summed E-state index contributed by atoms with van der Waals surface area (Å²) < 4.78 is 30.3. The van der Waals surface area contributed by atoms with Crippen molar-refractivity contribution in [1.29, 1.82) is 0 Å². The fourth-order valence-corrected chi connectivity index (χ4v) is 4.95. The molecule has 0 aliphatic heterocycles. The topological polar surface area (TPSA) is 114 Å². The standard InChI is InChI=1S/C28H29N7O3S/c1-34(26-15-16-29-27(33-26)30-20-7-5-19(6-8-20)18-39(4,36)37)22-11-14-25-24(17-22)32-28(35(25)2)31-21-9-12-23(38-3)13-10-21/h5-17H,18H2,1-4H3,(H,31,32)(H,29,30,33). The lowest BCUT2D eigenvalue weighted by molar-refractivity contribution is 0.415. The van der Waals surface area contributed by atoms with Gasteiger partial charge in [0.1, 0.15) is 11.6 Å². The Labute approximate surface area is 227 Å². The lowest BCUT2D eigenvalue weighted by Crippen LogP contribution is -2.12. The van der Waals surface area contributed by atoms with Crippen LogP contribution in [0.25, 0.3) is 11.0 Å². The van der Waals surface area contributed by atoms with Crippen molar-refractivity contribution in [2.24, 2.45) is 7.05 Å². The molecule has 0 saturated heterocycles. The highest BCUT2D eigenvalue weighted by Gasteiger charge is 2.13. The van der Waals surface area contributed by atoms with E-state index in [1.165, 1.54) is 6.26 Å². The Hall–Kier alpha value is -4.64. The van der Waals surface area contributed by atoms with Gasteiger partial charge < -0.3 is 24.8 Å². The first-order chi connectivity index (χ1) is 18.7. The van der Waals surface area contributed by atoms with Crippen LogP contribution in [0.4, 0.5) is 34.8 Å². The summed E-state index contributed by atoms with van der Waals surface area (Å²) in [5.41, 5.74) is 5.17. The van der Waals surface area contributed by atoms with Gasteiger partial charge in [-0.05, 0) is 66.2 Å². The van der Waals surface area contributed by atoms with E-state index in [2.05, 4.69) is 20.6 Å². The molecule has 0 amide bonds. The summed E-state index contributed by atoms with van der Waals surface area (Å²) in [5, 5.41) is 6.54. The molecule has 0 atom stereocenters. The molecule has 0 unspecified atom stereocenters. The highest BCUT2D eigenvalue weighted by molar-refractivity contribution is 7.89. The molecule has 0 aliphatic carbocycles. The zero-order chi connectivity index (χ0) is 27.6. The number of aromatic nitrogens is 4. The van der Waals surface area contributed by atoms with E-state index in [0.29, 0.717) is 11.8 Å². The number of nitrogens with one attached hydrogen (secondary N) is 2. The third-order valence-corrected chi connectivity index (χ3v) is 7.08. The van der Waals surface area contributed by atoms with E-state index in [0.717, 1.165) is 45.4 Å². The number of fused-ring (bicyclic) bond motifs is 1. The Balaban J connectivity index is 1.33. The average molecular weight is 544 g/mol. The second-order valence-electron chi connectivity index (χ2n) is 9.21. The third-order valence-electron chi connectivity index (χ3n) is 6.22. The predicted octanol–water partition coefficient (Wildman–Crippen LogP) is 5.17. The normalized spacial score (nSPS) is 11.4. The molecule has 200 valence electrons. The molecule has 2 heterocycles. The van der Waals surface area contributed by atoms with Crippen LogP contribution in [-0.4, -0.2) is 48.4 Å². The van der Waals surface area contributed by atoms with Gasteiger partial charge in [0.25, 0.3) is 0 Å². The molecular formula is C28H29N7O3S. The van der Waals surface area contributed by atoms with E-state index in [1.54, 1.807) is 25.4 Å². The van der Waals surface area contributed by atoms with Gasteiger partial charge in [-0.1, -0.05) is 12.1 Å². The molecule has 39 heavy (non-hydrogen) atoms. The minimum absolute atomic E-state index is 0.00368. The van der Waals surface area contributed by atoms with Crippen LogP contribution in [0.3, 0.4) is 0 Å². The molecule has 2 aromatic heterocycles. The molecule has 11 heteroatoms. The molecule has 3 aromatic carbocycles. The summed E-state index contributed by atoms with van der Waals surface area (Å²) in [6.07, 6.45) is 2.91. The molecule has 2 N–H and O–H groups in total. The number of nitrogens with zero attached hydrogens (tertiary/aromatic N) is 5. The maximum absolute atomic E-state index is 11.5. The number of benzene rings is 3. The second kappa shape index (κ2) is 10.6. The largest absolute Gasteiger partial charge is 0.497 e. The van der Waals surface area contributed by atoms with Crippen LogP contribution >= 0.6 is 0 Å². The molecule has 10 nitrogen and oxygen atoms in total. The number of methoxy groups -OCH3 is 1. The Morgan fingerprint density at radius 1 is 0.923 bits per heavy atom. The number of anilines is 6. The van der Waals surface area contributed by atoms with E-state index in [4.69, 9.17) is 9.72 Å². The van der Waals surface area contributed by atoms with Crippen LogP contribution in [0, 0.1) is 0 Å². The second-order valence-corrected chi connectivity index (χ2v) is 11.4. The fraction of sp³-hybridized carbons (Fsp3) is 0.179. The van der Waals surface area contributed by atoms with Gasteiger partial charge in [0.05, 0.1) is 23.9 Å². The van der Waals surface area contributed by atoms with Gasteiger partial charge in [-0.15, -0.1) is 0 Å². The zero-order valence-corrected chi connectivity index (χ0v) is 22.9. The minimum Gasteiger partial charge on any atom is -0.497 e. The first-order valence-corrected chi connectivity index (χ1v) is 14.2. The van der Waals surface area contributed by atoms with Crippen molar-refractivity contribution in [1.82, 2.24) is 19.5 Å². The molecule has 0 spiro atoms. The number of ether oxygens (including phenoxy) is 1. The van der Waals surface area contributed by atoms with Gasteiger partial charge in [0, 0.05) is 43.6 Å². The van der Waals surface area contributed by atoms with Crippen LogP contribution < -0.4 is 20.3 Å². The van der Waals surface area contributed by atoms with Gasteiger partial charge in [0.15, 0.2) is 9.84 Å². The highest BCUT2D eigenvalue weighted by Crippen LogP contribution is 2.29. The Bertz CT molecular complexity index is 1720. The number of aryl methyl sites for hydroxylation is 1. The number of hydrogen-bond donors (Lipinski definition) is 2. The van der Waals surface area contributed by atoms with E-state index < -0.39 is 9.84 Å². The fourth-order valence-electron chi connectivity index (χ4n) is 4.16. The van der Waals surface area contributed by atoms with E-state index in [-0.39, 0.29) is 5.75 Å². The zero-order valence-electron chi connectivity index (χ0n) is 22.1. The predicted molar refractivity (Wildman–Crippen MR) is 155 cm³/mol. The molecule has 0 bridgehead atoms. The third kappa shape index (κ3) is 6.10. The number of hydrogen-bond acceptors (Lipinski definition) is 9. The van der Waals surface area contributed by atoms with Crippen molar-refractivity contribution < 1.29 is 13.2 Å². The number of imidazole rings is 1. The average Bonchev–Trinajstić information content (AvgIpc) is 3.23. The van der Waals surface area contributed by atoms with Crippen molar-refractivity contribution in [3.05, 3.63) is 84.6 Å². The Morgan fingerprint density at radius 3 is 2.31 bits per heavy atom. The van der Waals surface area contributed by atoms with Crippen LogP contribution in [0.15, 0.2) is 79.0 Å². The van der Waals surface area contributed by atoms with Crippen LogP contribution in [0.5, 0.6) is 5.75 Å². The maximum atomic E-state index is 11.5. The van der Waals surface area contributed by atoms with E-state index in [9.17, 15) is 8.42 Å². The van der Waals surface area contributed by atoms with Gasteiger partial charge in [-0.25, -0.2) is 18.4 Å². The molecule has 5 rings (SSSR count). The van der Waals surface area contributed by atoms with E-state index >= 15 is 0 Å². The lowest BCUT2D eigenvalue weighted by Gasteiger charge is -2.19. The maximum Gasteiger partial charge on any atom is 0.229 e. The minimum atomic E-state index is -3.09. The van der Waals surface area contributed by atoms with Gasteiger partial charge in [-0.3, -0.25) is 0 Å². The Kier molecular flexibility index (Phi) is 7.07. The summed E-state index contributed by atoms with van der Waals surface area (Å²) in [4.78, 5) is 15.8. The van der Waals surface area contributed by atoms with Crippen LogP contribution in [-0.2, 0) is 22.6 Å². The van der Waals surface area contributed by atoms with Crippen molar-refractivity contribution in [3.63, 3.8) is 0 Å². The lowest BCUT2D eigenvalue weighted by atomic mass is 10.2. The first-order valence-electron chi connectivity index (χ1n) is 12.2. The molecule has 0 saturated carbocycles. The molecular weight excluding hydrogens is 514 g/mol. The summed E-state index contributed by atoms with van der Waals surface area (Å²) >= 11 is 0. The summed E-state index contributed by atoms with van der Waals surface area (Å²) in [6, 6.07) is 22.8. The summed E-state index contributed by atoms with van der Waals surface area (Å²) in [7, 11) is 2.47. The molecule has 5 aromatic rings. The van der Waals surface area contributed by atoms with Crippen molar-refractivity contribution >= 4 is 55.6 Å². The van der Waals surface area contributed by atoms with Crippen LogP contribution in [0.1, 0.15) is 5.56 Å². The molecule has 0 aliphatic rings. The SMILES string of the molecule is COc1ccc(Nc2nc3cc(N(C)c4ccnc(Nc5ccc(CS(C)(=O)=O)cc5)n4)ccc3n2C)cc1. The van der Waals surface area contributed by atoms with Gasteiger partial charge in [0.2, 0.25) is 11.9 Å². The monoisotopic (exact) mass is 543 g/mol. The van der Waals surface area contributed by atoms with Gasteiger partial charge >= 0.3 is 0 Å². The summed E-state index contributed by atoms with van der Waals surface area (Å²) in [5.74, 6) is 2.66. The van der Waals surface area contributed by atoms with Crippen molar-refractivity contribution in [2.75, 3.05) is 35.9 Å². The smallest absolute Gasteiger partial charge is 0.229 e. The van der Waals surface area contributed by atoms with Crippen LogP contribution in [0.2, 0.25) is 0 Å².